The summed E-state index contributed by atoms with van der Waals surface area (Å²) in [5.74, 6) is -2.54. The van der Waals surface area contributed by atoms with Gasteiger partial charge in [-0.2, -0.15) is 0 Å². The third-order valence-corrected chi connectivity index (χ3v) is 12.7. The van der Waals surface area contributed by atoms with Crippen molar-refractivity contribution < 1.29 is 23.7 Å². The maximum Gasteiger partial charge on any atom is 0.261 e. The zero-order valence-corrected chi connectivity index (χ0v) is 22.6. The molecule has 35 heavy (non-hydrogen) atoms. The lowest BCUT2D eigenvalue weighted by Gasteiger charge is -2.43. The maximum absolute atomic E-state index is 11.6. The van der Waals surface area contributed by atoms with Gasteiger partial charge in [0.25, 0.3) is 8.32 Å². The van der Waals surface area contributed by atoms with Crippen molar-refractivity contribution in [3.05, 3.63) is 77.2 Å². The van der Waals surface area contributed by atoms with Crippen LogP contribution in [0.5, 0.6) is 0 Å². The molecule has 0 radical (unpaired) electrons. The molecule has 0 spiro atoms. The number of ether oxygens (including phenoxy) is 3. The second-order valence-electron chi connectivity index (χ2n) is 10.7. The topological polar surface area (TPSA) is 70.0 Å². The molecule has 1 N–H and O–H groups in total. The highest BCUT2D eigenvalue weighted by Gasteiger charge is 2.65. The highest BCUT2D eigenvalue weighted by Crippen LogP contribution is 2.48. The summed E-state index contributed by atoms with van der Waals surface area (Å²) in [5, 5.41) is 16.1. The monoisotopic (exact) mass is 511 g/mol. The quantitative estimate of drug-likeness (QED) is 0.508. The van der Waals surface area contributed by atoms with Crippen molar-refractivity contribution in [2.24, 2.45) is 0 Å². The molecule has 186 valence electrons. The van der Waals surface area contributed by atoms with Gasteiger partial charge < -0.3 is 23.7 Å². The summed E-state index contributed by atoms with van der Waals surface area (Å²) in [4.78, 5) is 4.33. The van der Waals surface area contributed by atoms with Crippen LogP contribution in [-0.4, -0.2) is 49.1 Å². The summed E-state index contributed by atoms with van der Waals surface area (Å²) in [6, 6.07) is 21.0. The molecule has 2 fully saturated rings. The first-order chi connectivity index (χ1) is 16.6. The fourth-order valence-corrected chi connectivity index (χ4v) is 10.7. The fraction of sp³-hybridized carbons (Fsp3) is 0.444. The predicted molar refractivity (Wildman–Crippen MR) is 138 cm³/mol. The number of nitrogens with zero attached hydrogens (tertiary/aromatic N) is 1. The van der Waals surface area contributed by atoms with Gasteiger partial charge in [0.1, 0.15) is 12.2 Å². The Morgan fingerprint density at radius 1 is 0.971 bits per heavy atom. The summed E-state index contributed by atoms with van der Waals surface area (Å²) >= 11 is 1.34. The molecule has 1 aromatic heterocycles. The van der Waals surface area contributed by atoms with Gasteiger partial charge in [0.15, 0.2) is 16.9 Å². The molecule has 5 rings (SSSR count). The van der Waals surface area contributed by atoms with Crippen molar-refractivity contribution in [1.82, 2.24) is 4.98 Å². The van der Waals surface area contributed by atoms with E-state index in [9.17, 15) is 5.11 Å². The molecule has 4 atom stereocenters. The third kappa shape index (κ3) is 4.21. The average Bonchev–Trinajstić information content (AvgIpc) is 3.52. The van der Waals surface area contributed by atoms with Crippen LogP contribution in [0.3, 0.4) is 0 Å². The van der Waals surface area contributed by atoms with E-state index in [4.69, 9.17) is 18.6 Å². The minimum Gasteiger partial charge on any atom is -0.405 e. The van der Waals surface area contributed by atoms with E-state index in [2.05, 4.69) is 74.3 Å². The summed E-state index contributed by atoms with van der Waals surface area (Å²) in [7, 11) is -2.78. The van der Waals surface area contributed by atoms with E-state index < -0.39 is 38.2 Å². The number of aromatic nitrogens is 1. The summed E-state index contributed by atoms with van der Waals surface area (Å²) in [6.07, 6.45) is -0.0606. The van der Waals surface area contributed by atoms with Crippen LogP contribution in [0, 0.1) is 0 Å². The van der Waals surface area contributed by atoms with Gasteiger partial charge in [0.2, 0.25) is 5.79 Å². The molecule has 2 aliphatic heterocycles. The first-order valence-corrected chi connectivity index (χ1v) is 14.8. The standard InChI is InChI=1S/C27H33NO5SSi/c1-25(2,3)35(19-12-8-6-9-13-19,20-14-10-7-11-15-20)30-18-21-22-23(33-26(4,5)32-22)27(29,31-21)24-28-16-17-34-24/h6-17,21-23,29H,18H2,1-5H3/t21-,22-,23-,27?/m1/s1. The van der Waals surface area contributed by atoms with E-state index >= 15 is 0 Å². The minimum absolute atomic E-state index is 0.175. The Bertz CT molecular complexity index is 1100. The Balaban J connectivity index is 1.53. The lowest BCUT2D eigenvalue weighted by molar-refractivity contribution is -0.283. The molecule has 2 aromatic carbocycles. The maximum atomic E-state index is 11.6. The normalized spacial score (nSPS) is 28.2. The first-order valence-electron chi connectivity index (χ1n) is 12.0. The molecular formula is C27H33NO5SSi. The van der Waals surface area contributed by atoms with Gasteiger partial charge in [-0.15, -0.1) is 11.3 Å². The second-order valence-corrected chi connectivity index (χ2v) is 15.9. The van der Waals surface area contributed by atoms with Gasteiger partial charge in [-0.1, -0.05) is 81.4 Å². The summed E-state index contributed by atoms with van der Waals surface area (Å²) < 4.78 is 25.8. The number of thiazole rings is 1. The number of hydrogen-bond donors (Lipinski definition) is 1. The zero-order chi connectivity index (χ0) is 24.9. The van der Waals surface area contributed by atoms with Crippen LogP contribution in [0.15, 0.2) is 72.2 Å². The van der Waals surface area contributed by atoms with E-state index in [-0.39, 0.29) is 11.6 Å². The molecule has 0 saturated carbocycles. The molecule has 0 aliphatic carbocycles. The smallest absolute Gasteiger partial charge is 0.261 e. The van der Waals surface area contributed by atoms with Crippen LogP contribution >= 0.6 is 11.3 Å². The lowest BCUT2D eigenvalue weighted by Crippen LogP contribution is -2.67. The molecule has 0 bridgehead atoms. The molecule has 0 amide bonds. The van der Waals surface area contributed by atoms with Crippen molar-refractivity contribution in [3.63, 3.8) is 0 Å². The van der Waals surface area contributed by atoms with E-state index in [0.717, 1.165) is 0 Å². The van der Waals surface area contributed by atoms with Crippen LogP contribution in [0.4, 0.5) is 0 Å². The Morgan fingerprint density at radius 3 is 2.09 bits per heavy atom. The molecule has 3 aromatic rings. The van der Waals surface area contributed by atoms with Crippen LogP contribution in [0.25, 0.3) is 0 Å². The van der Waals surface area contributed by atoms with Gasteiger partial charge in [0, 0.05) is 11.6 Å². The number of rotatable bonds is 6. The van der Waals surface area contributed by atoms with Gasteiger partial charge >= 0.3 is 0 Å². The fourth-order valence-electron chi connectivity index (χ4n) is 5.40. The molecule has 6 nitrogen and oxygen atoms in total. The van der Waals surface area contributed by atoms with E-state index in [1.807, 2.05) is 31.4 Å². The van der Waals surface area contributed by atoms with Gasteiger partial charge in [-0.3, -0.25) is 0 Å². The molecule has 1 unspecified atom stereocenters. The van der Waals surface area contributed by atoms with Gasteiger partial charge in [-0.05, 0) is 29.3 Å². The lowest BCUT2D eigenvalue weighted by atomic mass is 10.1. The third-order valence-electron chi connectivity index (χ3n) is 6.83. The summed E-state index contributed by atoms with van der Waals surface area (Å²) in [6.45, 7) is 10.7. The minimum atomic E-state index is -2.78. The highest BCUT2D eigenvalue weighted by molar-refractivity contribution is 7.09. The van der Waals surface area contributed by atoms with Gasteiger partial charge in [0.05, 0.1) is 6.61 Å². The Morgan fingerprint density at radius 2 is 1.57 bits per heavy atom. The molecule has 2 saturated heterocycles. The number of benzene rings is 2. The molecular weight excluding hydrogens is 478 g/mol. The predicted octanol–water partition coefficient (Wildman–Crippen LogP) is 3.78. The average molecular weight is 512 g/mol. The zero-order valence-electron chi connectivity index (χ0n) is 20.8. The largest absolute Gasteiger partial charge is 0.405 e. The SMILES string of the molecule is CC1(C)O[C@H]2[C@@H](O1)C(O)(c1nccs1)O[C@@H]2CO[Si](c1ccccc1)(c1ccccc1)C(C)(C)C. The van der Waals surface area contributed by atoms with Crippen molar-refractivity contribution in [2.75, 3.05) is 6.61 Å². The van der Waals surface area contributed by atoms with E-state index in [1.54, 1.807) is 6.20 Å². The van der Waals surface area contributed by atoms with Crippen LogP contribution in [0.2, 0.25) is 5.04 Å². The van der Waals surface area contributed by atoms with Crippen LogP contribution < -0.4 is 10.4 Å². The van der Waals surface area contributed by atoms with Crippen molar-refractivity contribution in [3.8, 4) is 0 Å². The number of hydrogen-bond acceptors (Lipinski definition) is 7. The highest BCUT2D eigenvalue weighted by atomic mass is 32.1. The molecule has 3 heterocycles. The van der Waals surface area contributed by atoms with Crippen molar-refractivity contribution >= 4 is 30.0 Å². The Kier molecular flexibility index (Phi) is 6.28. The second kappa shape index (κ2) is 8.88. The first kappa shape index (κ1) is 24.8. The summed E-state index contributed by atoms with van der Waals surface area (Å²) in [5.41, 5.74) is 0. The Labute approximate surface area is 212 Å². The van der Waals surface area contributed by atoms with Crippen molar-refractivity contribution in [2.45, 2.75) is 69.5 Å². The van der Waals surface area contributed by atoms with E-state index in [1.165, 1.54) is 21.7 Å². The Hall–Kier alpha value is -1.91. The van der Waals surface area contributed by atoms with Crippen molar-refractivity contribution in [1.29, 1.82) is 0 Å². The van der Waals surface area contributed by atoms with E-state index in [0.29, 0.717) is 5.01 Å². The van der Waals surface area contributed by atoms with Crippen LogP contribution in [-0.2, 0) is 24.4 Å². The molecule has 8 heteroatoms. The number of aliphatic hydroxyl groups is 1. The van der Waals surface area contributed by atoms with Crippen LogP contribution in [0.1, 0.15) is 39.6 Å². The number of fused-ring (bicyclic) bond motifs is 1. The molecule has 2 aliphatic rings. The van der Waals surface area contributed by atoms with Gasteiger partial charge in [-0.25, -0.2) is 4.98 Å².